The molecule has 2 saturated heterocycles. The largest absolute Gasteiger partial charge is 0.493 e. The van der Waals surface area contributed by atoms with Gasteiger partial charge in [0.15, 0.2) is 17.5 Å². The molecule has 2 aliphatic rings. The minimum Gasteiger partial charge on any atom is -0.493 e. The number of hydrogen-bond donors (Lipinski definition) is 1. The summed E-state index contributed by atoms with van der Waals surface area (Å²) in [5.41, 5.74) is 5.91. The Morgan fingerprint density at radius 3 is 2.34 bits per heavy atom. The monoisotopic (exact) mass is 687 g/mol. The van der Waals surface area contributed by atoms with Gasteiger partial charge in [-0.1, -0.05) is 29.8 Å². The molecular weight excluding hydrogens is 645 g/mol. The molecule has 2 aliphatic heterocycles. The van der Waals surface area contributed by atoms with Crippen molar-refractivity contribution in [2.24, 2.45) is 10.9 Å². The number of piperazine rings is 1. The Hall–Kier alpha value is -3.01. The molecule has 0 spiro atoms. The van der Waals surface area contributed by atoms with Crippen LogP contribution in [0.25, 0.3) is 0 Å². The molecule has 0 saturated carbocycles. The van der Waals surface area contributed by atoms with Crippen LogP contribution in [0.3, 0.4) is 0 Å². The number of methoxy groups -OCH3 is 2. The first-order valence-corrected chi connectivity index (χ1v) is 15.4. The summed E-state index contributed by atoms with van der Waals surface area (Å²) in [5, 5.41) is 4.49. The van der Waals surface area contributed by atoms with Gasteiger partial charge in [0.2, 0.25) is 0 Å². The van der Waals surface area contributed by atoms with Gasteiger partial charge in [-0.3, -0.25) is 4.90 Å². The van der Waals surface area contributed by atoms with E-state index in [0.717, 1.165) is 86.8 Å². The van der Waals surface area contributed by atoms with Crippen LogP contribution < -0.4 is 19.7 Å². The number of nitrogens with zero attached hydrogens (tertiary/aromatic N) is 4. The van der Waals surface area contributed by atoms with Crippen LogP contribution in [0.15, 0.2) is 59.6 Å². The predicted molar refractivity (Wildman–Crippen MR) is 184 cm³/mol. The number of benzene rings is 3. The molecule has 3 aromatic carbocycles. The average Bonchev–Trinajstić information content (AvgIpc) is 3.49. The van der Waals surface area contributed by atoms with Crippen LogP contribution in [0.5, 0.6) is 11.5 Å². The molecule has 44 heavy (non-hydrogen) atoms. The highest BCUT2D eigenvalue weighted by molar-refractivity contribution is 8.93. The Kier molecular flexibility index (Phi) is 12.2. The summed E-state index contributed by atoms with van der Waals surface area (Å²) >= 11 is 6.31. The van der Waals surface area contributed by atoms with E-state index in [1.165, 1.54) is 34.5 Å². The number of aliphatic imine (C=N–C) groups is 1. The van der Waals surface area contributed by atoms with E-state index >= 15 is 0 Å². The van der Waals surface area contributed by atoms with Crippen molar-refractivity contribution in [1.29, 1.82) is 0 Å². The molecule has 0 radical (unpaired) electrons. The molecular formula is C34H44BrClFN5O2. The van der Waals surface area contributed by atoms with Crippen LogP contribution in [0, 0.1) is 25.6 Å². The van der Waals surface area contributed by atoms with Gasteiger partial charge in [-0.05, 0) is 84.8 Å². The number of rotatable bonds is 9. The Bertz CT molecular complexity index is 1420. The standard InChI is InChI=1S/C34H43ClFN5O2.BrH/c1-24-5-8-29(35)19-31(24)41-12-11-27(22-41)21-38-34(37-20-26-6-9-30(36)10-7-26)40-15-13-39(14-16-40)23-28-18-33(43-4)32(42-3)17-25(28)2;/h5-10,17-19,27H,11-16,20-23H2,1-4H3,(H,37,38);1H. The summed E-state index contributed by atoms with van der Waals surface area (Å²) in [7, 11) is 3.35. The van der Waals surface area contributed by atoms with Gasteiger partial charge in [0.25, 0.3) is 0 Å². The van der Waals surface area contributed by atoms with E-state index in [4.69, 9.17) is 26.1 Å². The van der Waals surface area contributed by atoms with E-state index in [-0.39, 0.29) is 22.8 Å². The summed E-state index contributed by atoms with van der Waals surface area (Å²) in [4.78, 5) is 12.3. The molecule has 1 N–H and O–H groups in total. The van der Waals surface area contributed by atoms with Crippen LogP contribution in [-0.2, 0) is 13.1 Å². The highest BCUT2D eigenvalue weighted by atomic mass is 79.9. The van der Waals surface area contributed by atoms with Crippen molar-refractivity contribution in [2.75, 3.05) is 64.9 Å². The van der Waals surface area contributed by atoms with Crippen LogP contribution >= 0.6 is 28.6 Å². The maximum atomic E-state index is 13.5. The SMILES string of the molecule is Br.COc1cc(C)c(CN2CCN(C(=NCc3ccc(F)cc3)NCC3CCN(c4cc(Cl)ccc4C)C3)CC2)cc1OC. The topological polar surface area (TPSA) is 52.6 Å². The van der Waals surface area contributed by atoms with Gasteiger partial charge < -0.3 is 24.6 Å². The number of halogens is 3. The molecule has 10 heteroatoms. The van der Waals surface area contributed by atoms with Crippen molar-refractivity contribution < 1.29 is 13.9 Å². The molecule has 0 amide bonds. The average molecular weight is 689 g/mol. The van der Waals surface area contributed by atoms with Crippen molar-refractivity contribution in [3.05, 3.63) is 87.7 Å². The second-order valence-electron chi connectivity index (χ2n) is 11.6. The Labute approximate surface area is 276 Å². The molecule has 2 fully saturated rings. The normalized spacial score (nSPS) is 17.4. The van der Waals surface area contributed by atoms with Crippen molar-refractivity contribution >= 4 is 40.2 Å². The minimum atomic E-state index is -0.229. The van der Waals surface area contributed by atoms with Crippen LogP contribution in [-0.4, -0.2) is 75.8 Å². The first-order chi connectivity index (χ1) is 20.8. The molecule has 5 rings (SSSR count). The number of ether oxygens (including phenoxy) is 2. The maximum absolute atomic E-state index is 13.5. The second-order valence-corrected chi connectivity index (χ2v) is 12.0. The molecule has 1 unspecified atom stereocenters. The van der Waals surface area contributed by atoms with E-state index in [1.807, 2.05) is 24.3 Å². The van der Waals surface area contributed by atoms with Gasteiger partial charge in [-0.25, -0.2) is 9.38 Å². The van der Waals surface area contributed by atoms with Crippen LogP contribution in [0.2, 0.25) is 5.02 Å². The first kappa shape index (κ1) is 33.9. The number of aryl methyl sites for hydroxylation is 2. The van der Waals surface area contributed by atoms with E-state index in [1.54, 1.807) is 14.2 Å². The van der Waals surface area contributed by atoms with Gasteiger partial charge in [-0.15, -0.1) is 17.0 Å². The fraction of sp³-hybridized carbons (Fsp3) is 0.441. The number of hydrogen-bond acceptors (Lipinski definition) is 5. The summed E-state index contributed by atoms with van der Waals surface area (Å²) in [6.45, 7) is 12.1. The van der Waals surface area contributed by atoms with Crippen molar-refractivity contribution in [3.63, 3.8) is 0 Å². The molecule has 0 aliphatic carbocycles. The predicted octanol–water partition coefficient (Wildman–Crippen LogP) is 6.48. The third-order valence-electron chi connectivity index (χ3n) is 8.58. The molecule has 0 bridgehead atoms. The first-order valence-electron chi connectivity index (χ1n) is 15.1. The third-order valence-corrected chi connectivity index (χ3v) is 8.81. The third kappa shape index (κ3) is 8.58. The molecule has 3 aromatic rings. The fourth-order valence-corrected chi connectivity index (χ4v) is 6.12. The fourth-order valence-electron chi connectivity index (χ4n) is 5.95. The zero-order valence-electron chi connectivity index (χ0n) is 26.1. The van der Waals surface area contributed by atoms with Gasteiger partial charge >= 0.3 is 0 Å². The molecule has 0 aromatic heterocycles. The summed E-state index contributed by atoms with van der Waals surface area (Å²) in [6.07, 6.45) is 1.11. The lowest BCUT2D eigenvalue weighted by Crippen LogP contribution is -2.52. The van der Waals surface area contributed by atoms with E-state index in [2.05, 4.69) is 52.1 Å². The summed E-state index contributed by atoms with van der Waals surface area (Å²) in [5.74, 6) is 2.71. The van der Waals surface area contributed by atoms with Crippen molar-refractivity contribution in [1.82, 2.24) is 15.1 Å². The summed E-state index contributed by atoms with van der Waals surface area (Å²) in [6, 6.07) is 16.9. The highest BCUT2D eigenvalue weighted by Crippen LogP contribution is 2.31. The molecule has 1 atom stereocenters. The zero-order chi connectivity index (χ0) is 30.3. The van der Waals surface area contributed by atoms with Gasteiger partial charge in [0.1, 0.15) is 5.82 Å². The van der Waals surface area contributed by atoms with E-state index in [9.17, 15) is 4.39 Å². The number of anilines is 1. The summed E-state index contributed by atoms with van der Waals surface area (Å²) < 4.78 is 24.5. The van der Waals surface area contributed by atoms with Crippen molar-refractivity contribution in [2.45, 2.75) is 33.4 Å². The maximum Gasteiger partial charge on any atom is 0.194 e. The van der Waals surface area contributed by atoms with E-state index < -0.39 is 0 Å². The van der Waals surface area contributed by atoms with Crippen LogP contribution in [0.1, 0.15) is 28.7 Å². The zero-order valence-corrected chi connectivity index (χ0v) is 28.6. The quantitative estimate of drug-likeness (QED) is 0.205. The van der Waals surface area contributed by atoms with Gasteiger partial charge in [0.05, 0.1) is 20.8 Å². The van der Waals surface area contributed by atoms with Crippen molar-refractivity contribution in [3.8, 4) is 11.5 Å². The Morgan fingerprint density at radius 2 is 1.64 bits per heavy atom. The second kappa shape index (κ2) is 15.8. The highest BCUT2D eigenvalue weighted by Gasteiger charge is 2.26. The lowest BCUT2D eigenvalue weighted by atomic mass is 10.1. The van der Waals surface area contributed by atoms with Crippen LogP contribution in [0.4, 0.5) is 10.1 Å². The molecule has 2 heterocycles. The minimum absolute atomic E-state index is 0. The molecule has 7 nitrogen and oxygen atoms in total. The Morgan fingerprint density at radius 1 is 0.932 bits per heavy atom. The molecule has 238 valence electrons. The lowest BCUT2D eigenvalue weighted by Gasteiger charge is -2.37. The smallest absolute Gasteiger partial charge is 0.194 e. The van der Waals surface area contributed by atoms with Gasteiger partial charge in [0, 0.05) is 63.1 Å². The lowest BCUT2D eigenvalue weighted by molar-refractivity contribution is 0.171. The van der Waals surface area contributed by atoms with E-state index in [0.29, 0.717) is 12.5 Å². The number of guanidine groups is 1. The number of nitrogens with one attached hydrogen (secondary N) is 1. The van der Waals surface area contributed by atoms with Gasteiger partial charge in [-0.2, -0.15) is 0 Å². The Balaban J connectivity index is 0.00000442.